The van der Waals surface area contributed by atoms with E-state index in [9.17, 15) is 14.3 Å². The molecule has 1 heterocycles. The number of nitrogens with one attached hydrogen (secondary N) is 2. The molecule has 20 heavy (non-hydrogen) atoms. The molecule has 4 nitrogen and oxygen atoms in total. The zero-order valence-corrected chi connectivity index (χ0v) is 11.1. The molecule has 0 aliphatic heterocycles. The summed E-state index contributed by atoms with van der Waals surface area (Å²) in [5, 5.41) is 12.9. The van der Waals surface area contributed by atoms with Gasteiger partial charge < -0.3 is 15.4 Å². The van der Waals surface area contributed by atoms with E-state index < -0.39 is 0 Å². The summed E-state index contributed by atoms with van der Waals surface area (Å²) in [6, 6.07) is 4.49. The number of hydrogen-bond acceptors (Lipinski definition) is 2. The second-order valence-corrected chi connectivity index (χ2v) is 5.62. The van der Waals surface area contributed by atoms with Gasteiger partial charge in [-0.05, 0) is 36.6 Å². The Morgan fingerprint density at radius 2 is 2.25 bits per heavy atom. The molecule has 3 rings (SSSR count). The Bertz CT molecular complexity index is 646. The van der Waals surface area contributed by atoms with E-state index in [1.165, 1.54) is 12.1 Å². The molecule has 5 heteroatoms. The molecule has 0 spiro atoms. The predicted molar refractivity (Wildman–Crippen MR) is 73.7 cm³/mol. The fraction of sp³-hybridized carbons (Fsp3) is 0.400. The lowest BCUT2D eigenvalue weighted by Gasteiger charge is -2.12. The quantitative estimate of drug-likeness (QED) is 0.779. The van der Waals surface area contributed by atoms with Crippen molar-refractivity contribution < 1.29 is 14.3 Å². The lowest BCUT2D eigenvalue weighted by molar-refractivity contribution is -0.120. The van der Waals surface area contributed by atoms with E-state index in [0.717, 1.165) is 23.8 Å². The number of rotatable bonds is 5. The van der Waals surface area contributed by atoms with Crippen LogP contribution >= 0.6 is 0 Å². The van der Waals surface area contributed by atoms with Crippen LogP contribution in [0.1, 0.15) is 18.4 Å². The molecule has 1 aliphatic rings. The largest absolute Gasteiger partial charge is 0.396 e. The van der Waals surface area contributed by atoms with Gasteiger partial charge in [-0.1, -0.05) is 0 Å². The van der Waals surface area contributed by atoms with E-state index >= 15 is 0 Å². The number of halogens is 1. The summed E-state index contributed by atoms with van der Waals surface area (Å²) in [5.74, 6) is -0.371. The van der Waals surface area contributed by atoms with Crippen LogP contribution in [0.3, 0.4) is 0 Å². The van der Waals surface area contributed by atoms with Crippen LogP contribution in [0.2, 0.25) is 0 Å². The Kier molecular flexibility index (Phi) is 3.22. The first-order valence-electron chi connectivity index (χ1n) is 6.75. The van der Waals surface area contributed by atoms with E-state index in [0.29, 0.717) is 12.1 Å². The van der Waals surface area contributed by atoms with Crippen LogP contribution in [-0.2, 0) is 11.2 Å². The number of amides is 1. The summed E-state index contributed by atoms with van der Waals surface area (Å²) in [7, 11) is 0. The molecule has 3 N–H and O–H groups in total. The molecule has 0 unspecified atom stereocenters. The van der Waals surface area contributed by atoms with Crippen molar-refractivity contribution in [2.45, 2.75) is 19.3 Å². The molecule has 0 atom stereocenters. The maximum absolute atomic E-state index is 13.1. The first-order valence-corrected chi connectivity index (χ1v) is 6.75. The highest BCUT2D eigenvalue weighted by molar-refractivity contribution is 5.88. The van der Waals surface area contributed by atoms with Crippen molar-refractivity contribution in [1.29, 1.82) is 0 Å². The highest BCUT2D eigenvalue weighted by Gasteiger charge is 2.41. The van der Waals surface area contributed by atoms with E-state index in [1.807, 2.05) is 0 Å². The molecule has 106 valence electrons. The zero-order valence-electron chi connectivity index (χ0n) is 11.1. The summed E-state index contributed by atoms with van der Waals surface area (Å²) in [6.45, 7) is 0.652. The van der Waals surface area contributed by atoms with Gasteiger partial charge in [0.15, 0.2) is 0 Å². The number of carbonyl (C=O) groups is 1. The lowest BCUT2D eigenvalue weighted by Crippen LogP contribution is -2.32. The van der Waals surface area contributed by atoms with E-state index in [1.54, 1.807) is 12.3 Å². The van der Waals surface area contributed by atoms with Gasteiger partial charge in [0.25, 0.3) is 0 Å². The Morgan fingerprint density at radius 1 is 1.45 bits per heavy atom. The summed E-state index contributed by atoms with van der Waals surface area (Å²) < 4.78 is 13.1. The van der Waals surface area contributed by atoms with Gasteiger partial charge >= 0.3 is 0 Å². The van der Waals surface area contributed by atoms with Crippen molar-refractivity contribution in [2.24, 2.45) is 5.41 Å². The van der Waals surface area contributed by atoms with E-state index in [-0.39, 0.29) is 30.2 Å². The second-order valence-electron chi connectivity index (χ2n) is 5.62. The molecule has 1 saturated carbocycles. The van der Waals surface area contributed by atoms with Gasteiger partial charge in [-0.2, -0.15) is 0 Å². The maximum atomic E-state index is 13.1. The molecule has 2 aromatic rings. The maximum Gasteiger partial charge on any atom is 0.224 e. The summed E-state index contributed by atoms with van der Waals surface area (Å²) >= 11 is 0. The Balaban J connectivity index is 1.65. The molecule has 0 saturated heterocycles. The minimum atomic E-state index is -0.297. The van der Waals surface area contributed by atoms with Crippen LogP contribution in [0.5, 0.6) is 0 Å². The standard InChI is InChI=1S/C15H17FN2O2/c16-11-1-2-12-10(7-17-13(12)6-11)5-14(20)18-8-15(9-19)3-4-15/h1-2,6-7,17,19H,3-5,8-9H2,(H,18,20). The first kappa shape index (κ1) is 13.1. The van der Waals surface area contributed by atoms with Crippen molar-refractivity contribution in [3.8, 4) is 0 Å². The number of fused-ring (bicyclic) bond motifs is 1. The van der Waals surface area contributed by atoms with Crippen LogP contribution in [0.4, 0.5) is 4.39 Å². The van der Waals surface area contributed by atoms with Crippen molar-refractivity contribution >= 4 is 16.8 Å². The Labute approximate surface area is 116 Å². The molecular formula is C15H17FN2O2. The predicted octanol–water partition coefficient (Wildman–Crippen LogP) is 1.74. The topological polar surface area (TPSA) is 65.1 Å². The van der Waals surface area contributed by atoms with Crippen molar-refractivity contribution in [2.75, 3.05) is 13.2 Å². The third-order valence-corrected chi connectivity index (χ3v) is 4.03. The molecular weight excluding hydrogens is 259 g/mol. The van der Waals surface area contributed by atoms with Gasteiger partial charge in [-0.15, -0.1) is 0 Å². The van der Waals surface area contributed by atoms with E-state index in [4.69, 9.17) is 0 Å². The molecule has 1 amide bonds. The number of H-pyrrole nitrogens is 1. The summed E-state index contributed by atoms with van der Waals surface area (Å²) in [6.07, 6.45) is 3.93. The highest BCUT2D eigenvalue weighted by Crippen LogP contribution is 2.44. The van der Waals surface area contributed by atoms with Crippen LogP contribution in [0.25, 0.3) is 10.9 Å². The van der Waals surface area contributed by atoms with Gasteiger partial charge in [0.05, 0.1) is 13.0 Å². The highest BCUT2D eigenvalue weighted by atomic mass is 19.1. The monoisotopic (exact) mass is 276 g/mol. The minimum absolute atomic E-state index is 0.0741. The number of benzene rings is 1. The second kappa shape index (κ2) is 4.90. The van der Waals surface area contributed by atoms with Gasteiger partial charge in [0.2, 0.25) is 5.91 Å². The van der Waals surface area contributed by atoms with Gasteiger partial charge in [-0.25, -0.2) is 4.39 Å². The number of aromatic amines is 1. The molecule has 0 bridgehead atoms. The van der Waals surface area contributed by atoms with Crippen molar-refractivity contribution in [3.05, 3.63) is 35.8 Å². The van der Waals surface area contributed by atoms with Gasteiger partial charge in [0.1, 0.15) is 5.82 Å². The average Bonchev–Trinajstić information content (AvgIpc) is 3.13. The zero-order chi connectivity index (χ0) is 14.2. The molecule has 1 fully saturated rings. The molecule has 1 aromatic heterocycles. The third-order valence-electron chi connectivity index (χ3n) is 4.03. The smallest absolute Gasteiger partial charge is 0.224 e. The minimum Gasteiger partial charge on any atom is -0.396 e. The Morgan fingerprint density at radius 3 is 2.95 bits per heavy atom. The van der Waals surface area contributed by atoms with Crippen molar-refractivity contribution in [3.63, 3.8) is 0 Å². The average molecular weight is 276 g/mol. The summed E-state index contributed by atoms with van der Waals surface area (Å²) in [4.78, 5) is 14.9. The third kappa shape index (κ3) is 2.54. The van der Waals surface area contributed by atoms with Crippen LogP contribution in [0.15, 0.2) is 24.4 Å². The lowest BCUT2D eigenvalue weighted by atomic mass is 10.1. The van der Waals surface area contributed by atoms with Crippen LogP contribution in [-0.4, -0.2) is 29.1 Å². The van der Waals surface area contributed by atoms with Crippen molar-refractivity contribution in [1.82, 2.24) is 10.3 Å². The molecule has 1 aliphatic carbocycles. The number of carbonyl (C=O) groups excluding carboxylic acids is 1. The van der Waals surface area contributed by atoms with Gasteiger partial charge in [-0.3, -0.25) is 4.79 Å². The molecule has 0 radical (unpaired) electrons. The normalized spacial score (nSPS) is 16.3. The summed E-state index contributed by atoms with van der Waals surface area (Å²) in [5.41, 5.74) is 1.46. The van der Waals surface area contributed by atoms with Gasteiger partial charge in [0, 0.05) is 29.1 Å². The number of aliphatic hydroxyl groups excluding tert-OH is 1. The van der Waals surface area contributed by atoms with Crippen LogP contribution in [0, 0.1) is 11.2 Å². The Hall–Kier alpha value is -1.88. The van der Waals surface area contributed by atoms with E-state index in [2.05, 4.69) is 10.3 Å². The fourth-order valence-corrected chi connectivity index (χ4v) is 2.39. The number of aliphatic hydroxyl groups is 1. The number of hydrogen-bond donors (Lipinski definition) is 3. The van der Waals surface area contributed by atoms with Crippen LogP contribution < -0.4 is 5.32 Å². The SMILES string of the molecule is O=C(Cc1c[nH]c2cc(F)ccc12)NCC1(CO)CC1. The molecule has 1 aromatic carbocycles. The first-order chi connectivity index (χ1) is 9.62. The number of aromatic nitrogens is 1. The fourth-order valence-electron chi connectivity index (χ4n) is 2.39.